The molecule has 8 aromatic rings. The molecule has 192 valence electrons. The Bertz CT molecular complexity index is 2140. The Morgan fingerprint density at radius 2 is 1.05 bits per heavy atom. The van der Waals surface area contributed by atoms with E-state index in [0.717, 1.165) is 33.7 Å². The Morgan fingerprint density at radius 3 is 1.76 bits per heavy atom. The molecule has 0 bridgehead atoms. The fourth-order valence-electron chi connectivity index (χ4n) is 6.14. The van der Waals surface area contributed by atoms with Crippen LogP contribution in [0.4, 0.5) is 0 Å². The standard InChI is InChI=1S/C38H25N3/c1-2-13-26(14-3-1)38-40-34-22-10-11-23-35(34)41(38)37-32-20-8-6-18-30(32)36(31-19-7-9-21-33(31)37)29-17-5-4-16-28(29)27-15-12-24-39-25-27/h1-25H. The van der Waals surface area contributed by atoms with Crippen LogP contribution in [-0.4, -0.2) is 14.5 Å². The molecule has 3 nitrogen and oxygen atoms in total. The summed E-state index contributed by atoms with van der Waals surface area (Å²) in [6.45, 7) is 0. The number of benzene rings is 6. The summed E-state index contributed by atoms with van der Waals surface area (Å²) in [5.74, 6) is 0.936. The number of rotatable bonds is 4. The monoisotopic (exact) mass is 523 g/mol. The van der Waals surface area contributed by atoms with Crippen LogP contribution in [0.5, 0.6) is 0 Å². The van der Waals surface area contributed by atoms with E-state index in [1.807, 2.05) is 18.5 Å². The van der Waals surface area contributed by atoms with E-state index < -0.39 is 0 Å². The summed E-state index contributed by atoms with van der Waals surface area (Å²) >= 11 is 0. The van der Waals surface area contributed by atoms with Crippen molar-refractivity contribution < 1.29 is 0 Å². The molecule has 0 spiro atoms. The van der Waals surface area contributed by atoms with Gasteiger partial charge in [0.15, 0.2) is 0 Å². The Hall–Kier alpha value is -5.54. The van der Waals surface area contributed by atoms with Crippen LogP contribution in [0.2, 0.25) is 0 Å². The van der Waals surface area contributed by atoms with E-state index in [-0.39, 0.29) is 0 Å². The number of nitrogens with zero attached hydrogens (tertiary/aromatic N) is 3. The molecule has 8 rings (SSSR count). The minimum Gasteiger partial charge on any atom is -0.291 e. The fraction of sp³-hybridized carbons (Fsp3) is 0. The second-order valence-corrected chi connectivity index (χ2v) is 10.2. The Balaban J connectivity index is 1.54. The molecule has 0 aliphatic heterocycles. The lowest BCUT2D eigenvalue weighted by Gasteiger charge is -2.21. The number of pyridine rings is 1. The first-order valence-corrected chi connectivity index (χ1v) is 13.8. The van der Waals surface area contributed by atoms with E-state index in [1.54, 1.807) is 0 Å². The highest BCUT2D eigenvalue weighted by Gasteiger charge is 2.22. The average molecular weight is 524 g/mol. The molecule has 0 unspecified atom stereocenters. The summed E-state index contributed by atoms with van der Waals surface area (Å²) in [4.78, 5) is 9.59. The van der Waals surface area contributed by atoms with Gasteiger partial charge in [-0.05, 0) is 45.7 Å². The summed E-state index contributed by atoms with van der Waals surface area (Å²) in [6.07, 6.45) is 3.77. The highest BCUT2D eigenvalue weighted by Crippen LogP contribution is 2.45. The molecule has 41 heavy (non-hydrogen) atoms. The molecule has 2 heterocycles. The zero-order chi connectivity index (χ0) is 27.2. The maximum absolute atomic E-state index is 5.16. The highest BCUT2D eigenvalue weighted by atomic mass is 15.1. The fourth-order valence-corrected chi connectivity index (χ4v) is 6.14. The minimum absolute atomic E-state index is 0.936. The van der Waals surface area contributed by atoms with Crippen molar-refractivity contribution in [1.82, 2.24) is 14.5 Å². The van der Waals surface area contributed by atoms with Gasteiger partial charge in [0.1, 0.15) is 5.82 Å². The van der Waals surface area contributed by atoms with Crippen molar-refractivity contribution in [3.8, 4) is 39.3 Å². The van der Waals surface area contributed by atoms with E-state index in [2.05, 4.69) is 143 Å². The van der Waals surface area contributed by atoms with Gasteiger partial charge in [0.25, 0.3) is 0 Å². The third kappa shape index (κ3) is 3.75. The van der Waals surface area contributed by atoms with Gasteiger partial charge in [-0.25, -0.2) is 4.98 Å². The summed E-state index contributed by atoms with van der Waals surface area (Å²) in [5, 5.41) is 4.77. The van der Waals surface area contributed by atoms with Crippen molar-refractivity contribution in [3.63, 3.8) is 0 Å². The van der Waals surface area contributed by atoms with Crippen LogP contribution in [0, 0.1) is 0 Å². The van der Waals surface area contributed by atoms with Gasteiger partial charge in [-0.15, -0.1) is 0 Å². The molecule has 0 aliphatic rings. The molecule has 6 aromatic carbocycles. The SMILES string of the molecule is c1ccc(-c2nc3ccccc3n2-c2c3ccccc3c(-c3ccccc3-c3cccnc3)c3ccccc23)cc1. The first kappa shape index (κ1) is 23.4. The molecule has 0 saturated heterocycles. The normalized spacial score (nSPS) is 11.4. The van der Waals surface area contributed by atoms with Crippen LogP contribution >= 0.6 is 0 Å². The van der Waals surface area contributed by atoms with Gasteiger partial charge in [0.05, 0.1) is 16.7 Å². The van der Waals surface area contributed by atoms with Crippen molar-refractivity contribution in [2.24, 2.45) is 0 Å². The molecule has 0 amide bonds. The molecule has 2 aromatic heterocycles. The zero-order valence-corrected chi connectivity index (χ0v) is 22.3. The summed E-state index contributed by atoms with van der Waals surface area (Å²) in [6, 6.07) is 49.3. The second-order valence-electron chi connectivity index (χ2n) is 10.2. The van der Waals surface area contributed by atoms with Crippen LogP contribution in [-0.2, 0) is 0 Å². The van der Waals surface area contributed by atoms with Gasteiger partial charge in [0, 0.05) is 34.3 Å². The lowest BCUT2D eigenvalue weighted by atomic mass is 9.87. The maximum atomic E-state index is 5.16. The predicted octanol–water partition coefficient (Wildman–Crippen LogP) is 9.73. The summed E-state index contributed by atoms with van der Waals surface area (Å²) in [5.41, 5.74) is 8.99. The van der Waals surface area contributed by atoms with E-state index in [0.29, 0.717) is 0 Å². The van der Waals surface area contributed by atoms with Gasteiger partial charge >= 0.3 is 0 Å². The smallest absolute Gasteiger partial charge is 0.145 e. The number of imidazole rings is 1. The maximum Gasteiger partial charge on any atom is 0.145 e. The minimum atomic E-state index is 0.936. The van der Waals surface area contributed by atoms with Gasteiger partial charge in [-0.2, -0.15) is 0 Å². The quantitative estimate of drug-likeness (QED) is 0.215. The number of aromatic nitrogens is 3. The van der Waals surface area contributed by atoms with Crippen LogP contribution in [0.1, 0.15) is 0 Å². The number of hydrogen-bond donors (Lipinski definition) is 0. The van der Waals surface area contributed by atoms with Crippen molar-refractivity contribution >= 4 is 32.6 Å². The van der Waals surface area contributed by atoms with E-state index >= 15 is 0 Å². The topological polar surface area (TPSA) is 30.7 Å². The third-order valence-corrected chi connectivity index (χ3v) is 7.89. The first-order chi connectivity index (χ1) is 20.4. The van der Waals surface area contributed by atoms with Crippen LogP contribution in [0.3, 0.4) is 0 Å². The average Bonchev–Trinajstić information content (AvgIpc) is 3.44. The van der Waals surface area contributed by atoms with Crippen LogP contribution in [0.15, 0.2) is 152 Å². The molecule has 0 radical (unpaired) electrons. The molecule has 0 fully saturated rings. The molecule has 0 atom stereocenters. The van der Waals surface area contributed by atoms with Gasteiger partial charge in [-0.3, -0.25) is 9.55 Å². The summed E-state index contributed by atoms with van der Waals surface area (Å²) in [7, 11) is 0. The number of hydrogen-bond acceptors (Lipinski definition) is 2. The largest absolute Gasteiger partial charge is 0.291 e. The number of fused-ring (bicyclic) bond motifs is 3. The van der Waals surface area contributed by atoms with E-state index in [4.69, 9.17) is 4.98 Å². The highest BCUT2D eigenvalue weighted by molar-refractivity contribution is 6.20. The second kappa shape index (κ2) is 9.58. The van der Waals surface area contributed by atoms with Crippen LogP contribution < -0.4 is 0 Å². The van der Waals surface area contributed by atoms with Crippen molar-refractivity contribution in [2.45, 2.75) is 0 Å². The predicted molar refractivity (Wildman–Crippen MR) is 170 cm³/mol. The Morgan fingerprint density at radius 1 is 0.463 bits per heavy atom. The molecule has 0 N–H and O–H groups in total. The molecular weight excluding hydrogens is 498 g/mol. The summed E-state index contributed by atoms with van der Waals surface area (Å²) < 4.78 is 2.35. The van der Waals surface area contributed by atoms with Crippen molar-refractivity contribution in [3.05, 3.63) is 152 Å². The molecular formula is C38H25N3. The van der Waals surface area contributed by atoms with Gasteiger partial charge < -0.3 is 0 Å². The molecule has 3 heteroatoms. The van der Waals surface area contributed by atoms with Crippen LogP contribution in [0.25, 0.3) is 71.9 Å². The van der Waals surface area contributed by atoms with Gasteiger partial charge in [0.2, 0.25) is 0 Å². The lowest BCUT2D eigenvalue weighted by Crippen LogP contribution is -2.01. The van der Waals surface area contributed by atoms with E-state index in [9.17, 15) is 0 Å². The molecule has 0 aliphatic carbocycles. The van der Waals surface area contributed by atoms with Crippen molar-refractivity contribution in [2.75, 3.05) is 0 Å². The Labute approximate surface area is 238 Å². The first-order valence-electron chi connectivity index (χ1n) is 13.8. The Kier molecular flexibility index (Phi) is 5.46. The third-order valence-electron chi connectivity index (χ3n) is 7.89. The number of para-hydroxylation sites is 2. The zero-order valence-electron chi connectivity index (χ0n) is 22.3. The van der Waals surface area contributed by atoms with Gasteiger partial charge in [-0.1, -0.05) is 121 Å². The molecule has 0 saturated carbocycles. The van der Waals surface area contributed by atoms with E-state index in [1.165, 1.54) is 38.2 Å². The lowest BCUT2D eigenvalue weighted by molar-refractivity contribution is 1.13. The van der Waals surface area contributed by atoms with Crippen molar-refractivity contribution in [1.29, 1.82) is 0 Å².